The van der Waals surface area contributed by atoms with Gasteiger partial charge < -0.3 is 4.74 Å². The molecule has 3 rings (SSSR count). The number of piperidine rings is 1. The molecule has 2 aromatic carbocycles. The highest BCUT2D eigenvalue weighted by atomic mass is 35.5. The van der Waals surface area contributed by atoms with Crippen molar-refractivity contribution in [2.24, 2.45) is 5.92 Å². The molecular formula is C23H26ClNO5S. The average molecular weight is 464 g/mol. The highest BCUT2D eigenvalue weighted by Crippen LogP contribution is 2.25. The number of carbonyl (C=O) groups excluding carboxylic acids is 2. The zero-order valence-electron chi connectivity index (χ0n) is 17.6. The van der Waals surface area contributed by atoms with E-state index >= 15 is 0 Å². The molecule has 8 heteroatoms. The van der Waals surface area contributed by atoms with Gasteiger partial charge in [-0.2, -0.15) is 4.31 Å². The number of hydrogen-bond acceptors (Lipinski definition) is 5. The van der Waals surface area contributed by atoms with Crippen molar-refractivity contribution in [1.82, 2.24) is 4.31 Å². The number of esters is 1. The molecule has 6 nitrogen and oxygen atoms in total. The van der Waals surface area contributed by atoms with Crippen LogP contribution < -0.4 is 0 Å². The molecule has 1 heterocycles. The van der Waals surface area contributed by atoms with Gasteiger partial charge in [-0.1, -0.05) is 49.7 Å². The third kappa shape index (κ3) is 5.73. The Morgan fingerprint density at radius 1 is 1.03 bits per heavy atom. The molecule has 0 unspecified atom stereocenters. The molecule has 0 aliphatic carbocycles. The first-order chi connectivity index (χ1) is 14.7. The quantitative estimate of drug-likeness (QED) is 0.452. The van der Waals surface area contributed by atoms with E-state index in [9.17, 15) is 18.0 Å². The second-order valence-electron chi connectivity index (χ2n) is 7.94. The Kier molecular flexibility index (Phi) is 7.51. The van der Waals surface area contributed by atoms with Crippen molar-refractivity contribution in [3.63, 3.8) is 0 Å². The summed E-state index contributed by atoms with van der Waals surface area (Å²) < 4.78 is 32.1. The summed E-state index contributed by atoms with van der Waals surface area (Å²) in [6.07, 6.45) is 0.700. The van der Waals surface area contributed by atoms with Gasteiger partial charge in [0.05, 0.1) is 10.8 Å². The van der Waals surface area contributed by atoms with Crippen molar-refractivity contribution in [2.75, 3.05) is 19.7 Å². The summed E-state index contributed by atoms with van der Waals surface area (Å²) in [7, 11) is -3.63. The molecule has 1 fully saturated rings. The van der Waals surface area contributed by atoms with Gasteiger partial charge in [-0.3, -0.25) is 9.59 Å². The third-order valence-corrected chi connectivity index (χ3v) is 7.65. The molecule has 1 aliphatic rings. The summed E-state index contributed by atoms with van der Waals surface area (Å²) in [5.41, 5.74) is 1.63. The van der Waals surface area contributed by atoms with Crippen molar-refractivity contribution >= 4 is 33.4 Å². The van der Waals surface area contributed by atoms with Crippen molar-refractivity contribution < 1.29 is 22.7 Å². The van der Waals surface area contributed by atoms with Gasteiger partial charge in [0.15, 0.2) is 12.4 Å². The fraction of sp³-hybridized carbons (Fsp3) is 0.391. The summed E-state index contributed by atoms with van der Waals surface area (Å²) in [6, 6.07) is 13.3. The molecule has 0 aromatic heterocycles. The predicted octanol–water partition coefficient (Wildman–Crippen LogP) is 4.29. The van der Waals surface area contributed by atoms with E-state index in [1.54, 1.807) is 12.1 Å². The smallest absolute Gasteiger partial charge is 0.309 e. The number of sulfonamides is 1. The number of ketones is 1. The molecule has 1 saturated heterocycles. The lowest BCUT2D eigenvalue weighted by molar-refractivity contribution is -0.148. The molecule has 31 heavy (non-hydrogen) atoms. The number of nitrogens with zero attached hydrogens (tertiary/aromatic N) is 1. The van der Waals surface area contributed by atoms with E-state index in [0.29, 0.717) is 29.3 Å². The van der Waals surface area contributed by atoms with Gasteiger partial charge in [0.25, 0.3) is 0 Å². The molecule has 0 amide bonds. The van der Waals surface area contributed by atoms with E-state index in [4.69, 9.17) is 16.3 Å². The fourth-order valence-electron chi connectivity index (χ4n) is 3.48. The highest BCUT2D eigenvalue weighted by molar-refractivity contribution is 7.89. The molecule has 0 N–H and O–H groups in total. The van der Waals surface area contributed by atoms with Gasteiger partial charge in [0, 0.05) is 23.7 Å². The summed E-state index contributed by atoms with van der Waals surface area (Å²) >= 11 is 5.83. The SMILES string of the molecule is CC(C)c1ccc(C(=O)COC(=O)C2CCN(S(=O)(=O)c3ccc(Cl)cc3)CC2)cc1. The predicted molar refractivity (Wildman–Crippen MR) is 119 cm³/mol. The minimum absolute atomic E-state index is 0.173. The number of rotatable bonds is 7. The first kappa shape index (κ1) is 23.4. The molecule has 166 valence electrons. The van der Waals surface area contributed by atoms with E-state index in [2.05, 4.69) is 13.8 Å². The second-order valence-corrected chi connectivity index (χ2v) is 10.3. The van der Waals surface area contributed by atoms with E-state index in [-0.39, 0.29) is 30.4 Å². The van der Waals surface area contributed by atoms with Crippen LogP contribution in [0.4, 0.5) is 0 Å². The van der Waals surface area contributed by atoms with Crippen molar-refractivity contribution in [3.8, 4) is 0 Å². The van der Waals surface area contributed by atoms with Gasteiger partial charge in [0.1, 0.15) is 0 Å². The number of ether oxygens (including phenoxy) is 1. The Labute approximate surface area is 188 Å². The van der Waals surface area contributed by atoms with Crippen LogP contribution >= 0.6 is 11.6 Å². The zero-order chi connectivity index (χ0) is 22.6. The summed E-state index contributed by atoms with van der Waals surface area (Å²) in [6.45, 7) is 4.27. The van der Waals surface area contributed by atoms with Crippen LogP contribution in [0.2, 0.25) is 5.02 Å². The molecule has 0 atom stereocenters. The Morgan fingerprint density at radius 2 is 1.61 bits per heavy atom. The van der Waals surface area contributed by atoms with Crippen LogP contribution in [-0.2, 0) is 19.6 Å². The van der Waals surface area contributed by atoms with Crippen LogP contribution in [0.5, 0.6) is 0 Å². The number of halogens is 1. The molecule has 2 aromatic rings. The number of carbonyl (C=O) groups is 2. The molecule has 0 saturated carbocycles. The third-order valence-electron chi connectivity index (χ3n) is 5.48. The zero-order valence-corrected chi connectivity index (χ0v) is 19.2. The van der Waals surface area contributed by atoms with Crippen molar-refractivity contribution in [3.05, 3.63) is 64.7 Å². The molecule has 0 spiro atoms. The van der Waals surface area contributed by atoms with Crippen LogP contribution in [0.3, 0.4) is 0 Å². The standard InChI is InChI=1S/C23H26ClNO5S/c1-16(2)17-3-5-18(6-4-17)22(26)15-30-23(27)19-11-13-25(14-12-19)31(28,29)21-9-7-20(24)8-10-21/h3-10,16,19H,11-15H2,1-2H3. The Balaban J connectivity index is 1.51. The lowest BCUT2D eigenvalue weighted by Crippen LogP contribution is -2.40. The fourth-order valence-corrected chi connectivity index (χ4v) is 5.07. The molecule has 0 bridgehead atoms. The van der Waals surface area contributed by atoms with Crippen molar-refractivity contribution in [2.45, 2.75) is 37.5 Å². The van der Waals surface area contributed by atoms with Gasteiger partial charge >= 0.3 is 5.97 Å². The first-order valence-corrected chi connectivity index (χ1v) is 12.1. The number of benzene rings is 2. The van der Waals surface area contributed by atoms with Crippen LogP contribution in [0.25, 0.3) is 0 Å². The maximum absolute atomic E-state index is 12.7. The Bertz CT molecular complexity index is 1020. The topological polar surface area (TPSA) is 80.8 Å². The van der Waals surface area contributed by atoms with E-state index in [0.717, 1.165) is 5.56 Å². The summed E-state index contributed by atoms with van der Waals surface area (Å²) in [5.74, 6) is -0.772. The van der Waals surface area contributed by atoms with Gasteiger partial charge in [0.2, 0.25) is 10.0 Å². The van der Waals surface area contributed by atoms with E-state index < -0.39 is 21.9 Å². The van der Waals surface area contributed by atoms with Crippen LogP contribution in [0.1, 0.15) is 48.5 Å². The average Bonchev–Trinajstić information content (AvgIpc) is 2.77. The first-order valence-electron chi connectivity index (χ1n) is 10.2. The van der Waals surface area contributed by atoms with Crippen LogP contribution in [-0.4, -0.2) is 44.2 Å². The van der Waals surface area contributed by atoms with Crippen molar-refractivity contribution in [1.29, 1.82) is 0 Å². The summed E-state index contributed by atoms with van der Waals surface area (Å²) in [4.78, 5) is 24.9. The van der Waals surface area contributed by atoms with Gasteiger partial charge in [-0.05, 0) is 48.6 Å². The second kappa shape index (κ2) is 9.94. The molecule has 0 radical (unpaired) electrons. The monoisotopic (exact) mass is 463 g/mol. The number of hydrogen-bond donors (Lipinski definition) is 0. The minimum Gasteiger partial charge on any atom is -0.457 e. The lowest BCUT2D eigenvalue weighted by Gasteiger charge is -2.30. The van der Waals surface area contributed by atoms with Crippen LogP contribution in [0.15, 0.2) is 53.4 Å². The normalized spacial score (nSPS) is 15.7. The maximum Gasteiger partial charge on any atom is 0.309 e. The molecule has 1 aliphatic heterocycles. The van der Waals surface area contributed by atoms with Gasteiger partial charge in [-0.25, -0.2) is 8.42 Å². The van der Waals surface area contributed by atoms with Gasteiger partial charge in [-0.15, -0.1) is 0 Å². The number of Topliss-reactive ketones (excluding diaryl/α,β-unsaturated/α-hetero) is 1. The Morgan fingerprint density at radius 3 is 2.16 bits per heavy atom. The van der Waals surface area contributed by atoms with Crippen LogP contribution in [0, 0.1) is 5.92 Å². The van der Waals surface area contributed by atoms with E-state index in [1.807, 2.05) is 12.1 Å². The highest BCUT2D eigenvalue weighted by Gasteiger charge is 2.33. The molecular weight excluding hydrogens is 438 g/mol. The Hall–Kier alpha value is -2.22. The minimum atomic E-state index is -3.63. The lowest BCUT2D eigenvalue weighted by atomic mass is 9.98. The largest absolute Gasteiger partial charge is 0.457 e. The summed E-state index contributed by atoms with van der Waals surface area (Å²) in [5, 5.41) is 0.464. The van der Waals surface area contributed by atoms with E-state index in [1.165, 1.54) is 28.6 Å². The maximum atomic E-state index is 12.7.